The summed E-state index contributed by atoms with van der Waals surface area (Å²) in [5.41, 5.74) is 0.897. The molecule has 0 unspecified atom stereocenters. The topological polar surface area (TPSA) is 123 Å². The Kier molecular flexibility index (Phi) is 5.26. The van der Waals surface area contributed by atoms with Gasteiger partial charge in [-0.2, -0.15) is 0 Å². The quantitative estimate of drug-likeness (QED) is 0.198. The number of hydrogen-bond acceptors (Lipinski definition) is 8. The molecule has 10 heteroatoms. The number of aryl methyl sites for hydroxylation is 1. The van der Waals surface area contributed by atoms with Gasteiger partial charge in [0.15, 0.2) is 0 Å². The van der Waals surface area contributed by atoms with Gasteiger partial charge in [-0.15, -0.1) is 0 Å². The Morgan fingerprint density at radius 2 is 2.03 bits per heavy atom. The van der Waals surface area contributed by atoms with Gasteiger partial charge in [0.25, 0.3) is 17.9 Å². The zero-order chi connectivity index (χ0) is 24.9. The number of esters is 1. The summed E-state index contributed by atoms with van der Waals surface area (Å²) in [6.07, 6.45) is 5.73. The number of hydrogen-bond donors (Lipinski definition) is 0. The fraction of sp³-hybridized carbons (Fsp3) is 0.308. The maximum Gasteiger partial charge on any atom is 0.300 e. The van der Waals surface area contributed by atoms with Crippen LogP contribution in [0.4, 0.5) is 0 Å². The molecule has 0 spiro atoms. The van der Waals surface area contributed by atoms with Gasteiger partial charge >= 0.3 is 0 Å². The summed E-state index contributed by atoms with van der Waals surface area (Å²) in [7, 11) is 0. The molecule has 1 atom stereocenters. The highest BCUT2D eigenvalue weighted by Gasteiger charge is 2.38. The summed E-state index contributed by atoms with van der Waals surface area (Å²) in [5.74, 6) is -0.105. The molecule has 0 saturated carbocycles. The highest BCUT2D eigenvalue weighted by molar-refractivity contribution is 5.86. The van der Waals surface area contributed by atoms with Crippen LogP contribution in [-0.4, -0.2) is 32.1 Å². The summed E-state index contributed by atoms with van der Waals surface area (Å²) < 4.78 is 14.5. The molecule has 1 aromatic carbocycles. The first-order chi connectivity index (χ1) is 17.5. The third-order valence-electron chi connectivity index (χ3n) is 6.84. The van der Waals surface area contributed by atoms with Crippen LogP contribution in [0.15, 0.2) is 54.1 Å². The number of cyclic esters (lactones) is 1. The number of ether oxygens (including phenoxy) is 2. The second kappa shape index (κ2) is 8.49. The number of carbonyl (C=O) groups is 1. The molecule has 0 fully saturated rings. The molecule has 2 aliphatic heterocycles. The van der Waals surface area contributed by atoms with Crippen LogP contribution in [0, 0.1) is 0 Å². The van der Waals surface area contributed by atoms with Crippen molar-refractivity contribution in [2.45, 2.75) is 45.1 Å². The summed E-state index contributed by atoms with van der Waals surface area (Å²) >= 11 is 0. The van der Waals surface area contributed by atoms with E-state index in [1.165, 1.54) is 6.33 Å². The molecule has 10 nitrogen and oxygen atoms in total. The Morgan fingerprint density at radius 1 is 1.19 bits per heavy atom. The minimum Gasteiger partial charge on any atom is -0.838 e. The average molecular weight is 486 g/mol. The first-order valence-corrected chi connectivity index (χ1v) is 11.8. The lowest BCUT2D eigenvalue weighted by Crippen LogP contribution is -2.53. The Bertz CT molecular complexity index is 1570. The monoisotopic (exact) mass is 485 g/mol. The molecule has 5 heterocycles. The normalized spacial score (nSPS) is 17.9. The molecule has 182 valence electrons. The third-order valence-corrected chi connectivity index (χ3v) is 6.84. The van der Waals surface area contributed by atoms with Gasteiger partial charge in [-0.3, -0.25) is 9.59 Å². The maximum atomic E-state index is 13.3. The van der Waals surface area contributed by atoms with Gasteiger partial charge in [-0.25, -0.2) is 9.55 Å². The molecular formula is C26H23N5O5. The van der Waals surface area contributed by atoms with Crippen molar-refractivity contribution in [1.29, 1.82) is 0 Å². The Labute approximate surface area is 205 Å². The first-order valence-electron chi connectivity index (χ1n) is 11.8. The van der Waals surface area contributed by atoms with Gasteiger partial charge in [-0.05, 0) is 35.9 Å². The van der Waals surface area contributed by atoms with Gasteiger partial charge < -0.3 is 19.1 Å². The Balaban J connectivity index is 1.29. The second-order valence-corrected chi connectivity index (χ2v) is 9.00. The Morgan fingerprint density at radius 3 is 2.83 bits per heavy atom. The van der Waals surface area contributed by atoms with E-state index in [-0.39, 0.29) is 29.7 Å². The lowest BCUT2D eigenvalue weighted by molar-refractivity contribution is -0.703. The summed E-state index contributed by atoms with van der Waals surface area (Å²) in [4.78, 5) is 38.3. The van der Waals surface area contributed by atoms with Crippen LogP contribution in [0.5, 0.6) is 5.75 Å². The van der Waals surface area contributed by atoms with Crippen molar-refractivity contribution in [3.05, 3.63) is 76.4 Å². The van der Waals surface area contributed by atoms with E-state index < -0.39 is 11.6 Å². The van der Waals surface area contributed by atoms with E-state index in [2.05, 4.69) is 9.97 Å². The minimum absolute atomic E-state index is 0.000321. The molecule has 0 radical (unpaired) electrons. The molecule has 2 aliphatic rings. The number of nitrogens with zero attached hydrogens (tertiary/aromatic N) is 5. The summed E-state index contributed by atoms with van der Waals surface area (Å²) in [5, 5.41) is 14.2. The van der Waals surface area contributed by atoms with Gasteiger partial charge in [0, 0.05) is 23.0 Å². The number of fused-ring (bicyclic) bond motifs is 5. The SMILES string of the molecule is CC[C@@]1([O-])C(=O)OCc2c1cc1n(c2=O)Cc2cc3cc(OCCC[n+]4cncnc4)ccc3nc2-1. The van der Waals surface area contributed by atoms with E-state index in [9.17, 15) is 14.7 Å². The molecule has 4 aromatic rings. The van der Waals surface area contributed by atoms with Gasteiger partial charge in [0.1, 0.15) is 12.4 Å². The molecule has 0 bridgehead atoms. The Hall–Kier alpha value is -4.18. The van der Waals surface area contributed by atoms with Crippen molar-refractivity contribution in [2.75, 3.05) is 6.61 Å². The lowest BCUT2D eigenvalue weighted by atomic mass is 9.86. The van der Waals surface area contributed by atoms with E-state index in [0.29, 0.717) is 24.5 Å². The number of rotatable bonds is 6. The first kappa shape index (κ1) is 22.3. The van der Waals surface area contributed by atoms with Crippen LogP contribution in [0.25, 0.3) is 22.3 Å². The zero-order valence-corrected chi connectivity index (χ0v) is 19.6. The van der Waals surface area contributed by atoms with E-state index in [1.54, 1.807) is 30.2 Å². The second-order valence-electron chi connectivity index (χ2n) is 9.00. The predicted octanol–water partition coefficient (Wildman–Crippen LogP) is 0.994. The molecule has 6 rings (SSSR count). The van der Waals surface area contributed by atoms with Crippen molar-refractivity contribution >= 4 is 16.9 Å². The minimum atomic E-state index is -2.08. The van der Waals surface area contributed by atoms with E-state index in [1.807, 2.05) is 28.8 Å². The smallest absolute Gasteiger partial charge is 0.300 e. The van der Waals surface area contributed by atoms with Crippen LogP contribution in [0.2, 0.25) is 0 Å². The van der Waals surface area contributed by atoms with Crippen LogP contribution in [-0.2, 0) is 34.8 Å². The van der Waals surface area contributed by atoms with Gasteiger partial charge in [0.05, 0.1) is 42.2 Å². The van der Waals surface area contributed by atoms with Gasteiger partial charge in [-0.1, -0.05) is 23.3 Å². The average Bonchev–Trinajstić information content (AvgIpc) is 3.26. The van der Waals surface area contributed by atoms with Crippen molar-refractivity contribution in [2.24, 2.45) is 0 Å². The number of aromatic nitrogens is 5. The van der Waals surface area contributed by atoms with Crippen LogP contribution in [0.1, 0.15) is 36.5 Å². The van der Waals surface area contributed by atoms with Crippen molar-refractivity contribution in [1.82, 2.24) is 19.5 Å². The number of benzene rings is 1. The number of carbonyl (C=O) groups excluding carboxylic acids is 1. The van der Waals surface area contributed by atoms with Crippen molar-refractivity contribution in [3.63, 3.8) is 0 Å². The molecule has 0 aliphatic carbocycles. The zero-order valence-electron chi connectivity index (χ0n) is 19.6. The molecule has 0 amide bonds. The van der Waals surface area contributed by atoms with Crippen molar-refractivity contribution in [3.8, 4) is 17.1 Å². The van der Waals surface area contributed by atoms with E-state index >= 15 is 0 Å². The lowest BCUT2D eigenvalue weighted by Gasteiger charge is -2.41. The van der Waals surface area contributed by atoms with Crippen LogP contribution in [0.3, 0.4) is 0 Å². The van der Waals surface area contributed by atoms with E-state index in [0.717, 1.165) is 35.2 Å². The molecule has 0 N–H and O–H groups in total. The van der Waals surface area contributed by atoms with E-state index in [4.69, 9.17) is 14.5 Å². The highest BCUT2D eigenvalue weighted by atomic mass is 16.6. The molecule has 3 aromatic heterocycles. The van der Waals surface area contributed by atoms with Gasteiger partial charge in [0.2, 0.25) is 12.7 Å². The predicted molar refractivity (Wildman–Crippen MR) is 125 cm³/mol. The van der Waals surface area contributed by atoms with Crippen LogP contribution < -0.4 is 20.0 Å². The van der Waals surface area contributed by atoms with Crippen LogP contribution >= 0.6 is 0 Å². The highest BCUT2D eigenvalue weighted by Crippen LogP contribution is 2.37. The fourth-order valence-electron chi connectivity index (χ4n) is 4.89. The fourth-order valence-corrected chi connectivity index (χ4v) is 4.89. The largest absolute Gasteiger partial charge is 0.838 e. The third kappa shape index (κ3) is 3.53. The maximum absolute atomic E-state index is 13.3. The molecular weight excluding hydrogens is 462 g/mol. The molecule has 36 heavy (non-hydrogen) atoms. The molecule has 0 saturated heterocycles. The summed E-state index contributed by atoms with van der Waals surface area (Å²) in [6.45, 7) is 3.07. The number of pyridine rings is 2. The summed E-state index contributed by atoms with van der Waals surface area (Å²) in [6, 6.07) is 9.34. The standard InChI is InChI=1S/C26H23N5O5/c1-2-26(34)20-10-22-23-17(11-31(22)24(32)19(20)12-36-25(26)33)8-16-9-18(4-5-21(16)29-23)35-7-3-6-30-14-27-13-28-15-30/h4-5,8-10,13-15H,2-3,6-7,11-12H2,1H3/t26-/m0/s1. The van der Waals surface area contributed by atoms with Crippen molar-refractivity contribution < 1.29 is 23.9 Å².